The van der Waals surface area contributed by atoms with Gasteiger partial charge in [-0.25, -0.2) is 4.98 Å². The largest absolute Gasteiger partial charge is 0.313 e. The van der Waals surface area contributed by atoms with Crippen LogP contribution in [0, 0.1) is 0 Å². The van der Waals surface area contributed by atoms with E-state index in [0.29, 0.717) is 12.2 Å². The van der Waals surface area contributed by atoms with Crippen molar-refractivity contribution in [3.8, 4) is 0 Å². The van der Waals surface area contributed by atoms with E-state index in [1.165, 1.54) is 11.3 Å². The standard InChI is InChI=1S/C4H4N2OS.2ClH/c7-2-5-4-1-8-3-6-4;;/h1-3H,(H,5,7);2*1H. The molecule has 0 saturated heterocycles. The van der Waals surface area contributed by atoms with Crippen molar-refractivity contribution in [1.29, 1.82) is 0 Å². The number of hydrogen-bond acceptors (Lipinski definition) is 3. The molecule has 0 bridgehead atoms. The van der Waals surface area contributed by atoms with E-state index in [0.717, 1.165) is 0 Å². The van der Waals surface area contributed by atoms with Gasteiger partial charge in [-0.1, -0.05) is 0 Å². The normalized spacial score (nSPS) is 6.80. The third-order valence-corrected chi connectivity index (χ3v) is 1.23. The lowest BCUT2D eigenvalue weighted by atomic mass is 10.8. The topological polar surface area (TPSA) is 42.0 Å². The summed E-state index contributed by atoms with van der Waals surface area (Å²) in [5.41, 5.74) is 1.66. The van der Waals surface area contributed by atoms with Crippen LogP contribution in [0.1, 0.15) is 0 Å². The van der Waals surface area contributed by atoms with E-state index < -0.39 is 0 Å². The Morgan fingerprint density at radius 3 is 2.70 bits per heavy atom. The summed E-state index contributed by atoms with van der Waals surface area (Å²) in [4.78, 5) is 13.5. The highest BCUT2D eigenvalue weighted by molar-refractivity contribution is 7.07. The van der Waals surface area contributed by atoms with Crippen LogP contribution < -0.4 is 5.32 Å². The highest BCUT2D eigenvalue weighted by Crippen LogP contribution is 2.03. The molecule has 0 saturated carbocycles. The first-order valence-electron chi connectivity index (χ1n) is 2.02. The van der Waals surface area contributed by atoms with E-state index in [9.17, 15) is 4.79 Å². The van der Waals surface area contributed by atoms with Crippen molar-refractivity contribution in [2.24, 2.45) is 0 Å². The summed E-state index contributed by atoms with van der Waals surface area (Å²) < 4.78 is 0. The van der Waals surface area contributed by atoms with Crippen molar-refractivity contribution in [1.82, 2.24) is 4.98 Å². The highest BCUT2D eigenvalue weighted by Gasteiger charge is 1.85. The van der Waals surface area contributed by atoms with E-state index >= 15 is 0 Å². The molecule has 0 fully saturated rings. The molecule has 10 heavy (non-hydrogen) atoms. The van der Waals surface area contributed by atoms with Crippen LogP contribution >= 0.6 is 36.2 Å². The molecule has 0 aliphatic rings. The van der Waals surface area contributed by atoms with Crippen LogP contribution in [0.25, 0.3) is 0 Å². The summed E-state index contributed by atoms with van der Waals surface area (Å²) in [5, 5.41) is 4.16. The molecule has 0 radical (unpaired) electrons. The molecule has 0 unspecified atom stereocenters. The lowest BCUT2D eigenvalue weighted by Crippen LogP contribution is -1.91. The third kappa shape index (κ3) is 3.66. The molecule has 1 aromatic rings. The Bertz CT molecular complexity index is 168. The molecular weight excluding hydrogens is 195 g/mol. The maximum absolute atomic E-state index is 9.73. The Balaban J connectivity index is 0. The average Bonchev–Trinajstić information content (AvgIpc) is 2.19. The number of nitrogens with zero attached hydrogens (tertiary/aromatic N) is 1. The van der Waals surface area contributed by atoms with Gasteiger partial charge in [0.1, 0.15) is 5.82 Å². The minimum absolute atomic E-state index is 0. The van der Waals surface area contributed by atoms with Crippen LogP contribution in [0.15, 0.2) is 10.9 Å². The lowest BCUT2D eigenvalue weighted by Gasteiger charge is -1.83. The summed E-state index contributed by atoms with van der Waals surface area (Å²) in [5.74, 6) is 0.616. The Morgan fingerprint density at radius 2 is 2.30 bits per heavy atom. The van der Waals surface area contributed by atoms with Gasteiger partial charge in [-0.3, -0.25) is 4.79 Å². The van der Waals surface area contributed by atoms with E-state index in [1.54, 1.807) is 10.9 Å². The molecule has 1 aromatic heterocycles. The first kappa shape index (κ1) is 12.4. The zero-order valence-electron chi connectivity index (χ0n) is 4.81. The molecule has 0 atom stereocenters. The molecule has 0 spiro atoms. The van der Waals surface area contributed by atoms with Gasteiger partial charge in [0.15, 0.2) is 0 Å². The fourth-order valence-corrected chi connectivity index (χ4v) is 0.837. The first-order valence-corrected chi connectivity index (χ1v) is 2.96. The summed E-state index contributed by atoms with van der Waals surface area (Å²) in [7, 11) is 0. The summed E-state index contributed by atoms with van der Waals surface area (Å²) in [6.07, 6.45) is 0.606. The smallest absolute Gasteiger partial charge is 0.212 e. The zero-order chi connectivity index (χ0) is 5.82. The Hall–Kier alpha value is -0.320. The molecule has 0 aliphatic carbocycles. The van der Waals surface area contributed by atoms with Gasteiger partial charge in [-0.2, -0.15) is 0 Å². The number of rotatable bonds is 2. The van der Waals surface area contributed by atoms with Crippen molar-refractivity contribution in [3.05, 3.63) is 10.9 Å². The highest BCUT2D eigenvalue weighted by atomic mass is 35.5. The van der Waals surface area contributed by atoms with E-state index in [2.05, 4.69) is 10.3 Å². The van der Waals surface area contributed by atoms with Gasteiger partial charge >= 0.3 is 0 Å². The van der Waals surface area contributed by atoms with Gasteiger partial charge in [0.25, 0.3) is 0 Å². The summed E-state index contributed by atoms with van der Waals surface area (Å²) in [6, 6.07) is 0. The zero-order valence-corrected chi connectivity index (χ0v) is 7.26. The molecular formula is C4H6Cl2N2OS. The van der Waals surface area contributed by atoms with Gasteiger partial charge in [0.2, 0.25) is 6.41 Å². The molecule has 0 aromatic carbocycles. The van der Waals surface area contributed by atoms with Crippen LogP contribution in [-0.2, 0) is 4.79 Å². The van der Waals surface area contributed by atoms with Crippen molar-refractivity contribution < 1.29 is 4.79 Å². The number of amides is 1. The number of carbonyl (C=O) groups excluding carboxylic acids is 1. The second-order valence-corrected chi connectivity index (χ2v) is 1.85. The Morgan fingerprint density at radius 1 is 1.60 bits per heavy atom. The fourth-order valence-electron chi connectivity index (χ4n) is 0.344. The third-order valence-electron chi connectivity index (χ3n) is 0.639. The summed E-state index contributed by atoms with van der Waals surface area (Å²) >= 11 is 1.45. The van der Waals surface area contributed by atoms with Crippen LogP contribution in [-0.4, -0.2) is 11.4 Å². The Kier molecular flexibility index (Phi) is 8.40. The number of aromatic nitrogens is 1. The number of halogens is 2. The van der Waals surface area contributed by atoms with Crippen molar-refractivity contribution in [3.63, 3.8) is 0 Å². The molecule has 58 valence electrons. The van der Waals surface area contributed by atoms with Gasteiger partial charge in [-0.05, 0) is 0 Å². The van der Waals surface area contributed by atoms with E-state index in [4.69, 9.17) is 0 Å². The van der Waals surface area contributed by atoms with Gasteiger partial charge in [0, 0.05) is 5.38 Å². The molecule has 1 rings (SSSR count). The van der Waals surface area contributed by atoms with E-state index in [1.807, 2.05) is 0 Å². The molecule has 1 heterocycles. The first-order chi connectivity index (χ1) is 3.93. The van der Waals surface area contributed by atoms with Gasteiger partial charge in [0.05, 0.1) is 5.51 Å². The minimum atomic E-state index is 0. The van der Waals surface area contributed by atoms with Crippen LogP contribution in [0.4, 0.5) is 5.82 Å². The minimum Gasteiger partial charge on any atom is -0.313 e. The number of anilines is 1. The lowest BCUT2D eigenvalue weighted by molar-refractivity contribution is -0.105. The van der Waals surface area contributed by atoms with Crippen LogP contribution in [0.2, 0.25) is 0 Å². The SMILES string of the molecule is Cl.Cl.O=CNc1cscn1. The summed E-state index contributed by atoms with van der Waals surface area (Å²) in [6.45, 7) is 0. The monoisotopic (exact) mass is 200 g/mol. The second-order valence-electron chi connectivity index (χ2n) is 1.14. The fraction of sp³-hybridized carbons (Fsp3) is 0. The predicted octanol–water partition coefficient (Wildman–Crippen LogP) is 1.55. The number of carbonyl (C=O) groups is 1. The Labute approximate surface area is 74.7 Å². The molecule has 3 nitrogen and oxygen atoms in total. The quantitative estimate of drug-likeness (QED) is 0.737. The molecule has 0 aliphatic heterocycles. The van der Waals surface area contributed by atoms with Crippen molar-refractivity contribution in [2.45, 2.75) is 0 Å². The number of hydrogen-bond donors (Lipinski definition) is 1. The van der Waals surface area contributed by atoms with Gasteiger partial charge < -0.3 is 5.32 Å². The predicted molar refractivity (Wildman–Crippen MR) is 46.3 cm³/mol. The van der Waals surface area contributed by atoms with Crippen molar-refractivity contribution >= 4 is 48.4 Å². The molecule has 1 N–H and O–H groups in total. The van der Waals surface area contributed by atoms with E-state index in [-0.39, 0.29) is 24.8 Å². The number of nitrogens with one attached hydrogen (secondary N) is 1. The molecule has 6 heteroatoms. The number of thiazole rings is 1. The maximum atomic E-state index is 9.73. The average molecular weight is 201 g/mol. The van der Waals surface area contributed by atoms with Crippen molar-refractivity contribution in [2.75, 3.05) is 5.32 Å². The van der Waals surface area contributed by atoms with Crippen LogP contribution in [0.3, 0.4) is 0 Å². The molecule has 1 amide bonds. The maximum Gasteiger partial charge on any atom is 0.212 e. The van der Waals surface area contributed by atoms with Gasteiger partial charge in [-0.15, -0.1) is 36.2 Å². The van der Waals surface area contributed by atoms with Crippen LogP contribution in [0.5, 0.6) is 0 Å². The second kappa shape index (κ2) is 6.80.